The summed E-state index contributed by atoms with van der Waals surface area (Å²) < 4.78 is 36.8. The first-order valence-corrected chi connectivity index (χ1v) is 15.8. The van der Waals surface area contributed by atoms with E-state index in [4.69, 9.17) is 4.42 Å². The number of para-hydroxylation sites is 1. The number of furan rings is 1. The number of aromatic amines is 1. The first kappa shape index (κ1) is 25.7. The summed E-state index contributed by atoms with van der Waals surface area (Å²) in [6.07, 6.45) is 5.88. The van der Waals surface area contributed by atoms with Gasteiger partial charge in [-0.05, 0) is 79.6 Å². The van der Waals surface area contributed by atoms with Crippen molar-refractivity contribution in [2.24, 2.45) is 0 Å². The topological polar surface area (TPSA) is 75.1 Å². The second-order valence-electron chi connectivity index (χ2n) is 11.0. The van der Waals surface area contributed by atoms with Gasteiger partial charge in [-0.15, -0.1) is 0 Å². The molecule has 1 atom stereocenters. The van der Waals surface area contributed by atoms with Gasteiger partial charge >= 0.3 is 0 Å². The van der Waals surface area contributed by atoms with E-state index in [0.717, 1.165) is 40.4 Å². The van der Waals surface area contributed by atoms with Crippen molar-refractivity contribution in [1.82, 2.24) is 4.98 Å². The average Bonchev–Trinajstić information content (AvgIpc) is 3.41. The summed E-state index contributed by atoms with van der Waals surface area (Å²) in [6, 6.07) is 31.3. The zero-order valence-corrected chi connectivity index (χ0v) is 23.8. The largest absolute Gasteiger partial charge is 0.458 e. The second kappa shape index (κ2) is 10.3. The zero-order chi connectivity index (χ0) is 28.0. The minimum absolute atomic E-state index is 0.213. The monoisotopic (exact) mass is 560 g/mol. The van der Waals surface area contributed by atoms with Crippen LogP contribution < -0.4 is 4.72 Å². The minimum Gasteiger partial charge on any atom is -0.458 e. The first-order chi connectivity index (χ1) is 20.0. The van der Waals surface area contributed by atoms with E-state index in [1.807, 2.05) is 61.5 Å². The molecule has 1 aliphatic carbocycles. The standard InChI is InChI=1S/C35H32N2O3S/c1-23-16-19-26(20-17-23)41(38,39)37-34-29-13-8-9-15-32(29)40-35(34)33(24-10-4-2-5-11-24)25-18-21-28-27-12-6-3-7-14-30(27)36-31(28)22-25/h2,4-5,8-11,13,15-22,33,36-37H,3,6-7,12,14H2,1H3. The molecule has 2 aromatic heterocycles. The second-order valence-corrected chi connectivity index (χ2v) is 12.7. The molecule has 1 unspecified atom stereocenters. The fourth-order valence-electron chi connectivity index (χ4n) is 6.21. The summed E-state index contributed by atoms with van der Waals surface area (Å²) in [4.78, 5) is 3.93. The molecule has 41 heavy (non-hydrogen) atoms. The number of anilines is 1. The summed E-state index contributed by atoms with van der Waals surface area (Å²) in [7, 11) is -3.87. The molecule has 206 valence electrons. The predicted octanol–water partition coefficient (Wildman–Crippen LogP) is 8.47. The lowest BCUT2D eigenvalue weighted by Gasteiger charge is -2.19. The number of fused-ring (bicyclic) bond motifs is 4. The van der Waals surface area contributed by atoms with Gasteiger partial charge in [-0.3, -0.25) is 4.72 Å². The van der Waals surface area contributed by atoms with Crippen LogP contribution >= 0.6 is 0 Å². The Balaban J connectivity index is 1.41. The van der Waals surface area contributed by atoms with Crippen LogP contribution in [0, 0.1) is 6.92 Å². The van der Waals surface area contributed by atoms with E-state index in [0.29, 0.717) is 17.0 Å². The normalized spacial score (nSPS) is 14.6. The van der Waals surface area contributed by atoms with Crippen molar-refractivity contribution in [3.63, 3.8) is 0 Å². The van der Waals surface area contributed by atoms with Gasteiger partial charge in [-0.25, -0.2) is 8.42 Å². The van der Waals surface area contributed by atoms with Crippen LogP contribution in [0.5, 0.6) is 0 Å². The van der Waals surface area contributed by atoms with Gasteiger partial charge in [0.15, 0.2) is 0 Å². The smallest absolute Gasteiger partial charge is 0.262 e. The Morgan fingerprint density at radius 1 is 0.780 bits per heavy atom. The molecule has 0 radical (unpaired) electrons. The van der Waals surface area contributed by atoms with Crippen LogP contribution in [0.25, 0.3) is 21.9 Å². The summed E-state index contributed by atoms with van der Waals surface area (Å²) in [5.74, 6) is 0.243. The number of nitrogens with one attached hydrogen (secondary N) is 2. The number of hydrogen-bond acceptors (Lipinski definition) is 3. The molecule has 4 aromatic carbocycles. The molecule has 0 amide bonds. The number of hydrogen-bond donors (Lipinski definition) is 2. The Hall–Kier alpha value is -4.29. The van der Waals surface area contributed by atoms with E-state index in [9.17, 15) is 8.42 Å². The van der Waals surface area contributed by atoms with Crippen molar-refractivity contribution < 1.29 is 12.8 Å². The van der Waals surface area contributed by atoms with Crippen LogP contribution in [0.4, 0.5) is 5.69 Å². The molecular weight excluding hydrogens is 528 g/mol. The maximum absolute atomic E-state index is 13.7. The highest BCUT2D eigenvalue weighted by molar-refractivity contribution is 7.92. The predicted molar refractivity (Wildman–Crippen MR) is 165 cm³/mol. The van der Waals surface area contributed by atoms with Crippen LogP contribution in [-0.2, 0) is 22.9 Å². The number of sulfonamides is 1. The molecular formula is C35H32N2O3S. The van der Waals surface area contributed by atoms with Crippen molar-refractivity contribution in [2.75, 3.05) is 4.72 Å². The summed E-state index contributed by atoms with van der Waals surface area (Å²) in [5, 5.41) is 2.01. The molecule has 0 saturated carbocycles. The Morgan fingerprint density at radius 2 is 1.54 bits per heavy atom. The summed E-state index contributed by atoms with van der Waals surface area (Å²) in [5.41, 5.74) is 8.07. The van der Waals surface area contributed by atoms with Gasteiger partial charge in [0.2, 0.25) is 0 Å². The van der Waals surface area contributed by atoms with Crippen LogP contribution in [-0.4, -0.2) is 13.4 Å². The molecule has 2 heterocycles. The molecule has 0 bridgehead atoms. The van der Waals surface area contributed by atoms with Gasteiger partial charge < -0.3 is 9.40 Å². The Labute approximate surface area is 240 Å². The van der Waals surface area contributed by atoms with E-state index in [-0.39, 0.29) is 10.8 Å². The SMILES string of the molecule is Cc1ccc(S(=O)(=O)Nc2c(C(c3ccccc3)c3ccc4c5c([nH]c4c3)CCCCC5)oc3ccccc23)cc1. The quantitative estimate of drug-likeness (QED) is 0.201. The summed E-state index contributed by atoms with van der Waals surface area (Å²) >= 11 is 0. The molecule has 1 aliphatic rings. The average molecular weight is 561 g/mol. The number of rotatable bonds is 6. The van der Waals surface area contributed by atoms with Gasteiger partial charge in [0.05, 0.1) is 16.5 Å². The van der Waals surface area contributed by atoms with Crippen molar-refractivity contribution in [1.29, 1.82) is 0 Å². The molecule has 0 aliphatic heterocycles. The Kier molecular flexibility index (Phi) is 6.43. The van der Waals surface area contributed by atoms with Crippen LogP contribution in [0.2, 0.25) is 0 Å². The molecule has 7 rings (SSSR count). The van der Waals surface area contributed by atoms with Gasteiger partial charge in [-0.1, -0.05) is 78.7 Å². The lowest BCUT2D eigenvalue weighted by Crippen LogP contribution is -2.15. The molecule has 6 aromatic rings. The van der Waals surface area contributed by atoms with Crippen LogP contribution in [0.3, 0.4) is 0 Å². The maximum atomic E-state index is 13.7. The third-order valence-electron chi connectivity index (χ3n) is 8.29. The Bertz CT molecular complexity index is 1970. The van der Waals surface area contributed by atoms with Crippen LogP contribution in [0.15, 0.2) is 106 Å². The highest BCUT2D eigenvalue weighted by Gasteiger charge is 2.29. The van der Waals surface area contributed by atoms with E-state index in [1.165, 1.54) is 35.9 Å². The lowest BCUT2D eigenvalue weighted by atomic mass is 9.87. The Morgan fingerprint density at radius 3 is 2.37 bits per heavy atom. The van der Waals surface area contributed by atoms with Crippen molar-refractivity contribution in [2.45, 2.75) is 49.8 Å². The highest BCUT2D eigenvalue weighted by atomic mass is 32.2. The molecule has 2 N–H and O–H groups in total. The molecule has 0 spiro atoms. The fourth-order valence-corrected chi connectivity index (χ4v) is 7.30. The lowest BCUT2D eigenvalue weighted by molar-refractivity contribution is 0.543. The van der Waals surface area contributed by atoms with E-state index < -0.39 is 10.0 Å². The van der Waals surface area contributed by atoms with E-state index in [2.05, 4.69) is 40.0 Å². The number of aromatic nitrogens is 1. The maximum Gasteiger partial charge on any atom is 0.262 e. The molecule has 0 fully saturated rings. The summed E-state index contributed by atoms with van der Waals surface area (Å²) in [6.45, 7) is 1.94. The van der Waals surface area contributed by atoms with E-state index in [1.54, 1.807) is 12.1 Å². The number of aryl methyl sites for hydroxylation is 3. The van der Waals surface area contributed by atoms with Gasteiger partial charge in [0.25, 0.3) is 10.0 Å². The molecule has 6 heteroatoms. The fraction of sp³-hybridized carbons (Fsp3) is 0.200. The molecule has 5 nitrogen and oxygen atoms in total. The highest BCUT2D eigenvalue weighted by Crippen LogP contribution is 2.43. The van der Waals surface area contributed by atoms with Crippen LogP contribution in [0.1, 0.15) is 58.9 Å². The number of H-pyrrole nitrogens is 1. The number of benzene rings is 4. The molecule has 0 saturated heterocycles. The van der Waals surface area contributed by atoms with Crippen molar-refractivity contribution in [3.05, 3.63) is 131 Å². The minimum atomic E-state index is -3.87. The third-order valence-corrected chi connectivity index (χ3v) is 9.66. The first-order valence-electron chi connectivity index (χ1n) is 14.3. The van der Waals surface area contributed by atoms with Crippen molar-refractivity contribution >= 4 is 37.6 Å². The van der Waals surface area contributed by atoms with Gasteiger partial charge in [0, 0.05) is 22.0 Å². The van der Waals surface area contributed by atoms with Gasteiger partial charge in [-0.2, -0.15) is 0 Å². The van der Waals surface area contributed by atoms with Crippen molar-refractivity contribution in [3.8, 4) is 0 Å². The third kappa shape index (κ3) is 4.72. The zero-order valence-electron chi connectivity index (χ0n) is 23.0. The van der Waals surface area contributed by atoms with E-state index >= 15 is 0 Å². The van der Waals surface area contributed by atoms with Gasteiger partial charge in [0.1, 0.15) is 11.3 Å².